The van der Waals surface area contributed by atoms with E-state index in [1.807, 2.05) is 4.90 Å². The number of fused-ring (bicyclic) bond motifs is 1. The van der Waals surface area contributed by atoms with Gasteiger partial charge in [-0.1, -0.05) is 6.07 Å². The quantitative estimate of drug-likeness (QED) is 0.774. The summed E-state index contributed by atoms with van der Waals surface area (Å²) in [5.74, 6) is -1.44. The second kappa shape index (κ2) is 6.53. The Morgan fingerprint density at radius 2 is 1.88 bits per heavy atom. The van der Waals surface area contributed by atoms with Gasteiger partial charge in [-0.05, 0) is 6.07 Å². The maximum atomic E-state index is 14.0. The summed E-state index contributed by atoms with van der Waals surface area (Å²) in [5.41, 5.74) is 0.317. The smallest absolute Gasteiger partial charge is 0.319 e. The minimum atomic E-state index is -3.27. The molecule has 6 nitrogen and oxygen atoms in total. The van der Waals surface area contributed by atoms with E-state index in [2.05, 4.69) is 0 Å². The molecule has 2 aliphatic rings. The molecule has 25 heavy (non-hydrogen) atoms. The zero-order chi connectivity index (χ0) is 18.4. The highest BCUT2D eigenvalue weighted by Gasteiger charge is 2.48. The molecule has 1 aromatic carbocycles. The lowest BCUT2D eigenvalue weighted by molar-refractivity contribution is 0.0514. The van der Waals surface area contributed by atoms with E-state index in [1.165, 1.54) is 17.0 Å². The Hall–Kier alpha value is -1.74. The number of rotatable bonds is 2. The van der Waals surface area contributed by atoms with E-state index < -0.39 is 27.5 Å². The average Bonchev–Trinajstić information content (AvgIpc) is 2.84. The summed E-state index contributed by atoms with van der Waals surface area (Å²) in [6.45, 7) is 0.996. The van der Waals surface area contributed by atoms with Gasteiger partial charge in [0.25, 0.3) is 0 Å². The SMILES string of the molecule is CN(C)C(=O)N1CCN(Cc2ccc(F)cc2F)[C@H]2CS(=O)(=O)C[C@H]21. The van der Waals surface area contributed by atoms with E-state index in [4.69, 9.17) is 0 Å². The fraction of sp³-hybridized carbons (Fsp3) is 0.562. The van der Waals surface area contributed by atoms with Crippen LogP contribution in [0.25, 0.3) is 0 Å². The Morgan fingerprint density at radius 3 is 2.52 bits per heavy atom. The predicted octanol–water partition coefficient (Wildman–Crippen LogP) is 0.930. The second-order valence-electron chi connectivity index (χ2n) is 6.79. The van der Waals surface area contributed by atoms with Crippen molar-refractivity contribution in [2.75, 3.05) is 38.7 Å². The van der Waals surface area contributed by atoms with Gasteiger partial charge in [-0.2, -0.15) is 0 Å². The van der Waals surface area contributed by atoms with Gasteiger partial charge in [0, 0.05) is 51.4 Å². The van der Waals surface area contributed by atoms with Crippen LogP contribution in [0.5, 0.6) is 0 Å². The molecule has 2 fully saturated rings. The van der Waals surface area contributed by atoms with Crippen molar-refractivity contribution in [2.24, 2.45) is 0 Å². The van der Waals surface area contributed by atoms with Crippen LogP contribution in [0.1, 0.15) is 5.56 Å². The molecule has 2 heterocycles. The van der Waals surface area contributed by atoms with Gasteiger partial charge >= 0.3 is 6.03 Å². The van der Waals surface area contributed by atoms with E-state index >= 15 is 0 Å². The lowest BCUT2D eigenvalue weighted by Crippen LogP contribution is -2.61. The van der Waals surface area contributed by atoms with Crippen molar-refractivity contribution in [1.82, 2.24) is 14.7 Å². The van der Waals surface area contributed by atoms with Crippen molar-refractivity contribution in [3.05, 3.63) is 35.4 Å². The summed E-state index contributed by atoms with van der Waals surface area (Å²) in [7, 11) is -0.0187. The van der Waals surface area contributed by atoms with Gasteiger partial charge in [0.1, 0.15) is 11.6 Å². The molecule has 0 spiro atoms. The van der Waals surface area contributed by atoms with Crippen LogP contribution in [-0.2, 0) is 16.4 Å². The molecule has 138 valence electrons. The van der Waals surface area contributed by atoms with E-state index in [0.29, 0.717) is 18.7 Å². The zero-order valence-electron chi connectivity index (χ0n) is 14.2. The third kappa shape index (κ3) is 3.62. The fourth-order valence-electron chi connectivity index (χ4n) is 3.58. The summed E-state index contributed by atoms with van der Waals surface area (Å²) in [6, 6.07) is 2.33. The highest BCUT2D eigenvalue weighted by atomic mass is 32.2. The van der Waals surface area contributed by atoms with Crippen LogP contribution in [0.4, 0.5) is 13.6 Å². The Labute approximate surface area is 145 Å². The van der Waals surface area contributed by atoms with E-state index in [9.17, 15) is 22.0 Å². The third-order valence-electron chi connectivity index (χ3n) is 4.81. The maximum Gasteiger partial charge on any atom is 0.319 e. The first kappa shape index (κ1) is 18.1. The van der Waals surface area contributed by atoms with Gasteiger partial charge < -0.3 is 9.80 Å². The minimum Gasteiger partial charge on any atom is -0.331 e. The molecule has 0 radical (unpaired) electrons. The first-order valence-corrected chi connectivity index (χ1v) is 9.86. The summed E-state index contributed by atoms with van der Waals surface area (Å²) < 4.78 is 51.3. The van der Waals surface area contributed by atoms with Crippen LogP contribution in [0, 0.1) is 11.6 Å². The Balaban J connectivity index is 1.84. The van der Waals surface area contributed by atoms with Crippen LogP contribution >= 0.6 is 0 Å². The van der Waals surface area contributed by atoms with Crippen molar-refractivity contribution >= 4 is 15.9 Å². The molecule has 0 aromatic heterocycles. The van der Waals surface area contributed by atoms with Crippen LogP contribution in [-0.4, -0.2) is 79.9 Å². The van der Waals surface area contributed by atoms with Crippen molar-refractivity contribution in [2.45, 2.75) is 18.6 Å². The molecule has 0 aliphatic carbocycles. The van der Waals surface area contributed by atoms with Crippen LogP contribution in [0.15, 0.2) is 18.2 Å². The standard InChI is InChI=1S/C16H21F2N3O3S/c1-19(2)16(22)21-6-5-20(14-9-25(23,24)10-15(14)21)8-11-3-4-12(17)7-13(11)18/h3-4,7,14-15H,5-6,8-10H2,1-2H3/t14-,15+/m0/s1. The minimum absolute atomic E-state index is 0.0578. The summed E-state index contributed by atoms with van der Waals surface area (Å²) >= 11 is 0. The van der Waals surface area contributed by atoms with E-state index in [1.54, 1.807) is 19.0 Å². The van der Waals surface area contributed by atoms with Crippen molar-refractivity contribution < 1.29 is 22.0 Å². The monoisotopic (exact) mass is 373 g/mol. The largest absolute Gasteiger partial charge is 0.331 e. The van der Waals surface area contributed by atoms with Crippen molar-refractivity contribution in [3.63, 3.8) is 0 Å². The second-order valence-corrected chi connectivity index (χ2v) is 8.94. The van der Waals surface area contributed by atoms with Gasteiger partial charge in [0.05, 0.1) is 17.5 Å². The van der Waals surface area contributed by atoms with E-state index in [-0.39, 0.29) is 30.1 Å². The zero-order valence-corrected chi connectivity index (χ0v) is 15.0. The van der Waals surface area contributed by atoms with Gasteiger partial charge in [-0.25, -0.2) is 22.0 Å². The molecule has 0 bridgehead atoms. The van der Waals surface area contributed by atoms with Gasteiger partial charge in [0.2, 0.25) is 0 Å². The third-order valence-corrected chi connectivity index (χ3v) is 6.51. The fourth-order valence-corrected chi connectivity index (χ4v) is 5.60. The number of piperazine rings is 1. The van der Waals surface area contributed by atoms with Crippen molar-refractivity contribution in [3.8, 4) is 0 Å². The van der Waals surface area contributed by atoms with Crippen LogP contribution in [0.2, 0.25) is 0 Å². The molecular weight excluding hydrogens is 352 g/mol. The van der Waals surface area contributed by atoms with Crippen LogP contribution in [0.3, 0.4) is 0 Å². The van der Waals surface area contributed by atoms with Crippen molar-refractivity contribution in [1.29, 1.82) is 0 Å². The molecule has 2 amide bonds. The molecule has 0 N–H and O–H groups in total. The molecule has 0 saturated carbocycles. The van der Waals surface area contributed by atoms with Gasteiger partial charge in [0.15, 0.2) is 9.84 Å². The molecule has 2 aliphatic heterocycles. The first-order chi connectivity index (χ1) is 11.7. The Kier molecular flexibility index (Phi) is 4.72. The topological polar surface area (TPSA) is 60.9 Å². The molecule has 0 unspecified atom stereocenters. The average molecular weight is 373 g/mol. The number of carbonyl (C=O) groups is 1. The number of sulfone groups is 1. The number of urea groups is 1. The molecule has 3 rings (SSSR count). The number of hydrogen-bond donors (Lipinski definition) is 0. The number of halogens is 2. The number of hydrogen-bond acceptors (Lipinski definition) is 4. The number of amides is 2. The summed E-state index contributed by atoms with van der Waals surface area (Å²) in [5, 5.41) is 0. The number of benzene rings is 1. The Bertz CT molecular complexity index is 785. The molecular formula is C16H21F2N3O3S. The molecule has 1 aromatic rings. The highest BCUT2D eigenvalue weighted by molar-refractivity contribution is 7.91. The lowest BCUT2D eigenvalue weighted by atomic mass is 10.0. The number of nitrogens with zero attached hydrogens (tertiary/aromatic N) is 3. The van der Waals surface area contributed by atoms with Crippen LogP contribution < -0.4 is 0 Å². The van der Waals surface area contributed by atoms with Gasteiger partial charge in [-0.15, -0.1) is 0 Å². The van der Waals surface area contributed by atoms with E-state index in [0.717, 1.165) is 6.07 Å². The molecule has 9 heteroatoms. The molecule has 2 saturated heterocycles. The normalized spacial score (nSPS) is 25.7. The highest BCUT2D eigenvalue weighted by Crippen LogP contribution is 2.29. The predicted molar refractivity (Wildman–Crippen MR) is 88.8 cm³/mol. The maximum absolute atomic E-state index is 14.0. The lowest BCUT2D eigenvalue weighted by Gasteiger charge is -2.44. The number of carbonyl (C=O) groups excluding carboxylic acids is 1. The van der Waals surface area contributed by atoms with Gasteiger partial charge in [-0.3, -0.25) is 4.90 Å². The summed E-state index contributed by atoms with van der Waals surface area (Å²) in [4.78, 5) is 17.2. The Morgan fingerprint density at radius 1 is 1.20 bits per heavy atom. The summed E-state index contributed by atoms with van der Waals surface area (Å²) in [6.07, 6.45) is 0. The molecule has 2 atom stereocenters. The first-order valence-electron chi connectivity index (χ1n) is 8.04.